The predicted molar refractivity (Wildman–Crippen MR) is 67.7 cm³/mol. The van der Waals surface area contributed by atoms with Gasteiger partial charge in [0.2, 0.25) is 5.91 Å². The molecular weight excluding hydrogens is 226 g/mol. The Morgan fingerprint density at radius 1 is 1.38 bits per heavy atom. The normalized spacial score (nSPS) is 14.0. The van der Waals surface area contributed by atoms with Gasteiger partial charge in [0.25, 0.3) is 0 Å². The van der Waals surface area contributed by atoms with Crippen molar-refractivity contribution in [1.29, 1.82) is 0 Å². The van der Waals surface area contributed by atoms with Crippen molar-refractivity contribution in [1.82, 2.24) is 16.0 Å². The summed E-state index contributed by atoms with van der Waals surface area (Å²) in [5, 5.41) is 7.77. The Morgan fingerprint density at radius 3 is 2.44 bits per heavy atom. The fourth-order valence-corrected chi connectivity index (χ4v) is 1.93. The van der Waals surface area contributed by atoms with Crippen LogP contribution in [0.25, 0.3) is 0 Å². The van der Waals surface area contributed by atoms with Crippen molar-refractivity contribution in [3.63, 3.8) is 0 Å². The monoisotopic (exact) mass is 247 g/mol. The van der Waals surface area contributed by atoms with Crippen molar-refractivity contribution >= 4 is 23.7 Å². The van der Waals surface area contributed by atoms with Crippen molar-refractivity contribution in [2.75, 3.05) is 19.1 Å². The Morgan fingerprint density at radius 2 is 2.00 bits per heavy atom. The molecule has 0 radical (unpaired) electrons. The third kappa shape index (κ3) is 5.97. The average Bonchev–Trinajstić information content (AvgIpc) is 2.27. The number of hydrogen-bond acceptors (Lipinski definition) is 4. The highest BCUT2D eigenvalue weighted by molar-refractivity contribution is 7.98. The molecule has 0 aromatic rings. The molecule has 16 heavy (non-hydrogen) atoms. The first kappa shape index (κ1) is 15.2. The zero-order valence-corrected chi connectivity index (χ0v) is 11.1. The van der Waals surface area contributed by atoms with E-state index in [0.717, 1.165) is 12.2 Å². The van der Waals surface area contributed by atoms with E-state index in [-0.39, 0.29) is 11.9 Å². The predicted octanol–water partition coefficient (Wildman–Crippen LogP) is 0.562. The molecule has 0 heterocycles. The van der Waals surface area contributed by atoms with Gasteiger partial charge >= 0.3 is 6.03 Å². The molecule has 0 saturated carbocycles. The van der Waals surface area contributed by atoms with E-state index in [1.807, 2.05) is 6.26 Å². The molecule has 0 aliphatic carbocycles. The lowest BCUT2D eigenvalue weighted by Crippen LogP contribution is -2.50. The minimum Gasteiger partial charge on any atom is -0.341 e. The Hall–Kier alpha value is -0.750. The minimum atomic E-state index is -0.475. The van der Waals surface area contributed by atoms with Gasteiger partial charge in [0.05, 0.1) is 6.04 Å². The SMILES string of the molecule is CCC(CSC)NC(C)C(=O)NC(=O)NC. The third-order valence-electron chi connectivity index (χ3n) is 2.20. The maximum absolute atomic E-state index is 11.5. The van der Waals surface area contributed by atoms with Crippen LogP contribution in [0.5, 0.6) is 0 Å². The van der Waals surface area contributed by atoms with Crippen LogP contribution >= 0.6 is 11.8 Å². The molecule has 3 amide bonds. The topological polar surface area (TPSA) is 70.2 Å². The summed E-state index contributed by atoms with van der Waals surface area (Å²) in [6.45, 7) is 3.82. The molecule has 0 aromatic carbocycles. The molecular formula is C10H21N3O2S. The van der Waals surface area contributed by atoms with Gasteiger partial charge in [0.15, 0.2) is 0 Å². The minimum absolute atomic E-state index is 0.292. The maximum atomic E-state index is 11.5. The molecule has 94 valence electrons. The summed E-state index contributed by atoms with van der Waals surface area (Å²) in [6, 6.07) is -0.550. The Kier molecular flexibility index (Phi) is 8.01. The largest absolute Gasteiger partial charge is 0.341 e. The van der Waals surface area contributed by atoms with E-state index in [4.69, 9.17) is 0 Å². The summed E-state index contributed by atoms with van der Waals surface area (Å²) in [5.74, 6) is 0.646. The number of thioether (sulfide) groups is 1. The molecule has 2 unspecified atom stereocenters. The van der Waals surface area contributed by atoms with Crippen molar-refractivity contribution in [2.24, 2.45) is 0 Å². The summed E-state index contributed by atoms with van der Waals surface area (Å²) >= 11 is 1.73. The van der Waals surface area contributed by atoms with E-state index in [9.17, 15) is 9.59 Å². The molecule has 3 N–H and O–H groups in total. The molecule has 2 atom stereocenters. The smallest absolute Gasteiger partial charge is 0.321 e. The fraction of sp³-hybridized carbons (Fsp3) is 0.800. The van der Waals surface area contributed by atoms with Crippen LogP contribution in [0, 0.1) is 0 Å². The number of nitrogens with one attached hydrogen (secondary N) is 3. The van der Waals surface area contributed by atoms with Crippen molar-refractivity contribution in [3.8, 4) is 0 Å². The van der Waals surface area contributed by atoms with E-state index in [1.165, 1.54) is 7.05 Å². The Balaban J connectivity index is 4.07. The highest BCUT2D eigenvalue weighted by Gasteiger charge is 2.17. The van der Waals surface area contributed by atoms with Crippen LogP contribution in [0.2, 0.25) is 0 Å². The lowest BCUT2D eigenvalue weighted by molar-refractivity contribution is -0.121. The van der Waals surface area contributed by atoms with Crippen molar-refractivity contribution in [3.05, 3.63) is 0 Å². The molecule has 5 nitrogen and oxygen atoms in total. The van der Waals surface area contributed by atoms with Gasteiger partial charge in [-0.3, -0.25) is 10.1 Å². The van der Waals surface area contributed by atoms with Crippen LogP contribution in [-0.4, -0.2) is 43.1 Å². The molecule has 0 aromatic heterocycles. The third-order valence-corrected chi connectivity index (χ3v) is 2.94. The maximum Gasteiger partial charge on any atom is 0.321 e. The van der Waals surface area contributed by atoms with Gasteiger partial charge in [-0.25, -0.2) is 4.79 Å². The van der Waals surface area contributed by atoms with Crippen molar-refractivity contribution in [2.45, 2.75) is 32.4 Å². The molecule has 0 fully saturated rings. The Bertz CT molecular complexity index is 236. The number of amides is 3. The first-order valence-electron chi connectivity index (χ1n) is 5.32. The number of hydrogen-bond donors (Lipinski definition) is 3. The number of carbonyl (C=O) groups excluding carboxylic acids is 2. The quantitative estimate of drug-likeness (QED) is 0.641. The van der Waals surface area contributed by atoms with E-state index < -0.39 is 6.03 Å². The second-order valence-electron chi connectivity index (χ2n) is 3.52. The van der Waals surface area contributed by atoms with Gasteiger partial charge in [-0.05, 0) is 19.6 Å². The van der Waals surface area contributed by atoms with Gasteiger partial charge < -0.3 is 10.6 Å². The van der Waals surface area contributed by atoms with E-state index in [1.54, 1.807) is 18.7 Å². The second kappa shape index (κ2) is 8.41. The van der Waals surface area contributed by atoms with Gasteiger partial charge in [-0.1, -0.05) is 6.92 Å². The van der Waals surface area contributed by atoms with Gasteiger partial charge in [-0.2, -0.15) is 11.8 Å². The van der Waals surface area contributed by atoms with Gasteiger partial charge in [-0.15, -0.1) is 0 Å². The summed E-state index contributed by atoms with van der Waals surface area (Å²) in [5.41, 5.74) is 0. The molecule has 0 saturated heterocycles. The lowest BCUT2D eigenvalue weighted by Gasteiger charge is -2.20. The molecule has 0 spiro atoms. The number of urea groups is 1. The average molecular weight is 247 g/mol. The van der Waals surface area contributed by atoms with Crippen LogP contribution < -0.4 is 16.0 Å². The van der Waals surface area contributed by atoms with Crippen LogP contribution in [0.1, 0.15) is 20.3 Å². The molecule has 6 heteroatoms. The van der Waals surface area contributed by atoms with Crippen LogP contribution in [0.3, 0.4) is 0 Å². The van der Waals surface area contributed by atoms with Crippen LogP contribution in [-0.2, 0) is 4.79 Å². The summed E-state index contributed by atoms with van der Waals surface area (Å²) < 4.78 is 0. The van der Waals surface area contributed by atoms with Gasteiger partial charge in [0, 0.05) is 18.8 Å². The zero-order chi connectivity index (χ0) is 12.6. The second-order valence-corrected chi connectivity index (χ2v) is 4.43. The van der Waals surface area contributed by atoms with Crippen LogP contribution in [0.15, 0.2) is 0 Å². The lowest BCUT2D eigenvalue weighted by atomic mass is 10.2. The molecule has 0 aliphatic heterocycles. The standard InChI is InChI=1S/C10H21N3O2S/c1-5-8(6-16-4)12-7(2)9(14)13-10(15)11-3/h7-8,12H,5-6H2,1-4H3,(H2,11,13,14,15). The zero-order valence-electron chi connectivity index (χ0n) is 10.3. The number of carbonyl (C=O) groups is 2. The van der Waals surface area contributed by atoms with Gasteiger partial charge in [0.1, 0.15) is 0 Å². The Labute approximate surface area is 101 Å². The van der Waals surface area contributed by atoms with E-state index >= 15 is 0 Å². The molecule has 0 rings (SSSR count). The first-order valence-corrected chi connectivity index (χ1v) is 6.72. The highest BCUT2D eigenvalue weighted by atomic mass is 32.2. The highest BCUT2D eigenvalue weighted by Crippen LogP contribution is 2.02. The summed E-state index contributed by atoms with van der Waals surface area (Å²) in [4.78, 5) is 22.5. The molecule has 0 aliphatic rings. The fourth-order valence-electron chi connectivity index (χ4n) is 1.20. The summed E-state index contributed by atoms with van der Waals surface area (Å²) in [7, 11) is 1.48. The van der Waals surface area contributed by atoms with E-state index in [0.29, 0.717) is 6.04 Å². The summed E-state index contributed by atoms with van der Waals surface area (Å²) in [6.07, 6.45) is 2.98. The first-order chi connectivity index (χ1) is 7.54. The van der Waals surface area contributed by atoms with Crippen LogP contribution in [0.4, 0.5) is 4.79 Å². The molecule has 0 bridgehead atoms. The van der Waals surface area contributed by atoms with E-state index in [2.05, 4.69) is 22.9 Å². The van der Waals surface area contributed by atoms with Crippen molar-refractivity contribution < 1.29 is 9.59 Å². The number of imide groups is 1. The number of rotatable bonds is 6.